The van der Waals surface area contributed by atoms with Gasteiger partial charge in [-0.25, -0.2) is 9.97 Å². The van der Waals surface area contributed by atoms with Gasteiger partial charge in [-0.15, -0.1) is 11.3 Å². The molecule has 1 saturated carbocycles. The van der Waals surface area contributed by atoms with Crippen molar-refractivity contribution in [2.75, 3.05) is 23.7 Å². The molecule has 0 atom stereocenters. The van der Waals surface area contributed by atoms with Crippen LogP contribution < -0.4 is 10.6 Å². The number of thiazole rings is 1. The van der Waals surface area contributed by atoms with Crippen LogP contribution in [0, 0.1) is 5.92 Å². The van der Waals surface area contributed by atoms with Crippen LogP contribution in [0.1, 0.15) is 73.8 Å². The van der Waals surface area contributed by atoms with Gasteiger partial charge in [0.15, 0.2) is 5.69 Å². The molecule has 1 saturated heterocycles. The third-order valence-corrected chi connectivity index (χ3v) is 7.76. The summed E-state index contributed by atoms with van der Waals surface area (Å²) in [5, 5.41) is 7.78. The number of hydrogen-bond acceptors (Lipinski definition) is 6. The molecule has 4 rings (SSSR count). The summed E-state index contributed by atoms with van der Waals surface area (Å²) in [7, 11) is 0. The summed E-state index contributed by atoms with van der Waals surface area (Å²) in [5.74, 6) is 0.322. The van der Waals surface area contributed by atoms with E-state index >= 15 is 0 Å². The van der Waals surface area contributed by atoms with Crippen LogP contribution >= 0.6 is 22.9 Å². The number of halogens is 1. The van der Waals surface area contributed by atoms with Gasteiger partial charge in [-0.05, 0) is 64.8 Å². The Morgan fingerprint density at radius 2 is 1.84 bits per heavy atom. The molecule has 1 aliphatic carbocycles. The highest BCUT2D eigenvalue weighted by Crippen LogP contribution is 2.39. The van der Waals surface area contributed by atoms with Gasteiger partial charge >= 0.3 is 0 Å². The predicted molar refractivity (Wildman–Crippen MR) is 129 cm³/mol. The number of carbonyl (C=O) groups is 2. The van der Waals surface area contributed by atoms with Gasteiger partial charge in [0.05, 0.1) is 10.0 Å². The van der Waals surface area contributed by atoms with Crippen molar-refractivity contribution in [1.29, 1.82) is 0 Å². The number of aromatic nitrogens is 2. The summed E-state index contributed by atoms with van der Waals surface area (Å²) in [6, 6.07) is 3.80. The molecule has 7 nitrogen and oxygen atoms in total. The van der Waals surface area contributed by atoms with Gasteiger partial charge in [0, 0.05) is 24.1 Å². The van der Waals surface area contributed by atoms with E-state index in [0.29, 0.717) is 27.8 Å². The number of nitrogens with zero attached hydrogens (tertiary/aromatic N) is 3. The SMILES string of the molecule is CC(C)N1CCC(C(=O)Nc2sc(C3CCCC3)nc2C(=O)Nc2ccc(Cl)cn2)CC1. The lowest BCUT2D eigenvalue weighted by atomic mass is 9.95. The highest BCUT2D eigenvalue weighted by Gasteiger charge is 2.30. The van der Waals surface area contributed by atoms with Crippen molar-refractivity contribution in [2.45, 2.75) is 64.3 Å². The predicted octanol–water partition coefficient (Wildman–Crippen LogP) is 5.16. The smallest absolute Gasteiger partial charge is 0.278 e. The van der Waals surface area contributed by atoms with Crippen LogP contribution in [-0.2, 0) is 4.79 Å². The zero-order chi connectivity index (χ0) is 22.7. The highest BCUT2D eigenvalue weighted by molar-refractivity contribution is 7.16. The molecule has 2 N–H and O–H groups in total. The lowest BCUT2D eigenvalue weighted by Crippen LogP contribution is -2.41. The number of piperidine rings is 1. The van der Waals surface area contributed by atoms with Gasteiger partial charge < -0.3 is 15.5 Å². The standard InChI is InChI=1S/C23H30ClN5O2S/c1-14(2)29-11-9-15(10-12-29)20(30)28-23-19(27-22(32-23)16-5-3-4-6-16)21(31)26-18-8-7-17(24)13-25-18/h7-8,13-16H,3-6,9-12H2,1-2H3,(H,28,30)(H,25,26,31). The van der Waals surface area contributed by atoms with Crippen molar-refractivity contribution in [3.05, 3.63) is 34.1 Å². The minimum atomic E-state index is -0.370. The number of pyridine rings is 1. The zero-order valence-electron chi connectivity index (χ0n) is 18.6. The van der Waals surface area contributed by atoms with Gasteiger partial charge in [0.2, 0.25) is 5.91 Å². The van der Waals surface area contributed by atoms with E-state index in [2.05, 4.69) is 39.3 Å². The van der Waals surface area contributed by atoms with Gasteiger partial charge in [-0.1, -0.05) is 24.4 Å². The van der Waals surface area contributed by atoms with Gasteiger partial charge in [-0.2, -0.15) is 0 Å². The topological polar surface area (TPSA) is 87.2 Å². The van der Waals surface area contributed by atoms with E-state index in [1.54, 1.807) is 12.1 Å². The second-order valence-electron chi connectivity index (χ2n) is 8.92. The summed E-state index contributed by atoms with van der Waals surface area (Å²) in [6.45, 7) is 6.20. The number of carbonyl (C=O) groups excluding carboxylic acids is 2. The normalized spacial score (nSPS) is 18.2. The largest absolute Gasteiger partial charge is 0.315 e. The first-order chi connectivity index (χ1) is 15.4. The van der Waals surface area contributed by atoms with Crippen LogP contribution in [0.25, 0.3) is 0 Å². The third kappa shape index (κ3) is 5.47. The van der Waals surface area contributed by atoms with E-state index < -0.39 is 0 Å². The summed E-state index contributed by atoms with van der Waals surface area (Å²) in [5.41, 5.74) is 0.265. The summed E-state index contributed by atoms with van der Waals surface area (Å²) in [6.07, 6.45) is 7.65. The van der Waals surface area contributed by atoms with Gasteiger partial charge in [-0.3, -0.25) is 9.59 Å². The first-order valence-electron chi connectivity index (χ1n) is 11.4. The van der Waals surface area contributed by atoms with E-state index in [1.807, 2.05) is 0 Å². The van der Waals surface area contributed by atoms with Gasteiger partial charge in [0.1, 0.15) is 10.8 Å². The van der Waals surface area contributed by atoms with Crippen LogP contribution in [0.2, 0.25) is 5.02 Å². The van der Waals surface area contributed by atoms with E-state index in [1.165, 1.54) is 30.4 Å². The molecule has 3 heterocycles. The molecule has 2 amide bonds. The van der Waals surface area contributed by atoms with Crippen molar-refractivity contribution in [3.63, 3.8) is 0 Å². The van der Waals surface area contributed by atoms with Crippen molar-refractivity contribution in [1.82, 2.24) is 14.9 Å². The van der Waals surface area contributed by atoms with Crippen molar-refractivity contribution >= 4 is 45.6 Å². The van der Waals surface area contributed by atoms with E-state index in [0.717, 1.165) is 43.8 Å². The highest BCUT2D eigenvalue weighted by atomic mass is 35.5. The number of likely N-dealkylation sites (tertiary alicyclic amines) is 1. The van der Waals surface area contributed by atoms with Crippen molar-refractivity contribution in [2.24, 2.45) is 5.92 Å². The molecule has 2 aromatic rings. The summed E-state index contributed by atoms with van der Waals surface area (Å²) >= 11 is 7.33. The average Bonchev–Trinajstić information content (AvgIpc) is 3.45. The minimum Gasteiger partial charge on any atom is -0.315 e. The Kier molecular flexibility index (Phi) is 7.43. The zero-order valence-corrected chi connectivity index (χ0v) is 20.1. The van der Waals surface area contributed by atoms with E-state index in [4.69, 9.17) is 11.6 Å². The molecule has 0 bridgehead atoms. The number of anilines is 2. The maximum absolute atomic E-state index is 13.0. The molecule has 2 aliphatic rings. The first kappa shape index (κ1) is 23.1. The fourth-order valence-electron chi connectivity index (χ4n) is 4.44. The molecular formula is C23H30ClN5O2S. The molecule has 2 fully saturated rings. The van der Waals surface area contributed by atoms with E-state index in [9.17, 15) is 9.59 Å². The Bertz CT molecular complexity index is 948. The van der Waals surface area contributed by atoms with E-state index in [-0.39, 0.29) is 23.4 Å². The minimum absolute atomic E-state index is 0.0197. The summed E-state index contributed by atoms with van der Waals surface area (Å²) in [4.78, 5) is 37.3. The molecule has 0 aromatic carbocycles. The third-order valence-electron chi connectivity index (χ3n) is 6.40. The summed E-state index contributed by atoms with van der Waals surface area (Å²) < 4.78 is 0. The number of rotatable bonds is 6. The van der Waals surface area contributed by atoms with Crippen LogP contribution in [0.15, 0.2) is 18.3 Å². The maximum Gasteiger partial charge on any atom is 0.278 e. The fraction of sp³-hybridized carbons (Fsp3) is 0.565. The Balaban J connectivity index is 1.50. The van der Waals surface area contributed by atoms with Crippen LogP contribution in [-0.4, -0.2) is 45.8 Å². The second-order valence-corrected chi connectivity index (χ2v) is 10.4. The molecular weight excluding hydrogens is 446 g/mol. The molecule has 172 valence electrons. The van der Waals surface area contributed by atoms with Crippen LogP contribution in [0.3, 0.4) is 0 Å². The second kappa shape index (κ2) is 10.3. The van der Waals surface area contributed by atoms with Crippen LogP contribution in [0.4, 0.5) is 10.8 Å². The van der Waals surface area contributed by atoms with Crippen LogP contribution in [0.5, 0.6) is 0 Å². The Hall–Kier alpha value is -2.03. The first-order valence-corrected chi connectivity index (χ1v) is 12.6. The lowest BCUT2D eigenvalue weighted by Gasteiger charge is -2.33. The Morgan fingerprint density at radius 1 is 1.12 bits per heavy atom. The molecule has 0 radical (unpaired) electrons. The molecule has 1 aliphatic heterocycles. The monoisotopic (exact) mass is 475 g/mol. The number of amides is 2. The maximum atomic E-state index is 13.0. The molecule has 32 heavy (non-hydrogen) atoms. The molecule has 9 heteroatoms. The Labute approximate surface area is 198 Å². The Morgan fingerprint density at radius 3 is 2.47 bits per heavy atom. The number of hydrogen-bond donors (Lipinski definition) is 2. The van der Waals surface area contributed by atoms with Crippen molar-refractivity contribution < 1.29 is 9.59 Å². The van der Waals surface area contributed by atoms with Gasteiger partial charge in [0.25, 0.3) is 5.91 Å². The molecule has 0 spiro atoms. The van der Waals surface area contributed by atoms with Crippen molar-refractivity contribution in [3.8, 4) is 0 Å². The quantitative estimate of drug-likeness (QED) is 0.602. The molecule has 0 unspecified atom stereocenters. The average molecular weight is 476 g/mol. The number of nitrogens with one attached hydrogen (secondary N) is 2. The molecule has 2 aromatic heterocycles. The fourth-order valence-corrected chi connectivity index (χ4v) is 5.69. The lowest BCUT2D eigenvalue weighted by molar-refractivity contribution is -0.121.